The van der Waals surface area contributed by atoms with E-state index >= 15 is 0 Å². The SMILES string of the molecule is Cc1ccccc1CC(=O)Nc1ccc(O[C@H]2CCOC2)cc1. The molecule has 1 N–H and O–H groups in total. The minimum atomic E-state index is -0.0165. The maximum Gasteiger partial charge on any atom is 0.228 e. The summed E-state index contributed by atoms with van der Waals surface area (Å²) in [6.07, 6.45) is 1.44. The Morgan fingerprint density at radius 1 is 1.22 bits per heavy atom. The second kappa shape index (κ2) is 7.29. The van der Waals surface area contributed by atoms with E-state index in [1.165, 1.54) is 0 Å². The maximum atomic E-state index is 12.1. The zero-order chi connectivity index (χ0) is 16.1. The third kappa shape index (κ3) is 4.33. The van der Waals surface area contributed by atoms with Crippen LogP contribution in [0.2, 0.25) is 0 Å². The highest BCUT2D eigenvalue weighted by molar-refractivity contribution is 5.92. The van der Waals surface area contributed by atoms with Gasteiger partial charge in [0.1, 0.15) is 11.9 Å². The number of anilines is 1. The van der Waals surface area contributed by atoms with Gasteiger partial charge in [0, 0.05) is 12.1 Å². The van der Waals surface area contributed by atoms with Crippen LogP contribution in [0.3, 0.4) is 0 Å². The Morgan fingerprint density at radius 3 is 2.70 bits per heavy atom. The highest BCUT2D eigenvalue weighted by Gasteiger charge is 2.17. The van der Waals surface area contributed by atoms with Gasteiger partial charge in [-0.3, -0.25) is 4.79 Å². The second-order valence-corrected chi connectivity index (χ2v) is 5.78. The lowest BCUT2D eigenvalue weighted by molar-refractivity contribution is -0.115. The van der Waals surface area contributed by atoms with Crippen LogP contribution >= 0.6 is 0 Å². The minimum absolute atomic E-state index is 0.0165. The van der Waals surface area contributed by atoms with Crippen molar-refractivity contribution in [3.8, 4) is 5.75 Å². The van der Waals surface area contributed by atoms with E-state index in [4.69, 9.17) is 9.47 Å². The molecule has 1 atom stereocenters. The zero-order valence-electron chi connectivity index (χ0n) is 13.2. The van der Waals surface area contributed by atoms with Crippen molar-refractivity contribution in [2.75, 3.05) is 18.5 Å². The van der Waals surface area contributed by atoms with E-state index in [0.29, 0.717) is 13.0 Å². The van der Waals surface area contributed by atoms with Crippen LogP contribution < -0.4 is 10.1 Å². The summed E-state index contributed by atoms with van der Waals surface area (Å²) in [5.41, 5.74) is 2.95. The number of hydrogen-bond donors (Lipinski definition) is 1. The second-order valence-electron chi connectivity index (χ2n) is 5.78. The molecule has 4 nitrogen and oxygen atoms in total. The summed E-state index contributed by atoms with van der Waals surface area (Å²) in [7, 11) is 0. The number of benzene rings is 2. The normalized spacial score (nSPS) is 17.0. The number of nitrogens with one attached hydrogen (secondary N) is 1. The molecule has 0 radical (unpaired) electrons. The van der Waals surface area contributed by atoms with Crippen molar-refractivity contribution in [3.05, 3.63) is 59.7 Å². The van der Waals surface area contributed by atoms with E-state index < -0.39 is 0 Å². The molecule has 0 saturated carbocycles. The van der Waals surface area contributed by atoms with Gasteiger partial charge in [-0.2, -0.15) is 0 Å². The summed E-state index contributed by atoms with van der Waals surface area (Å²) in [6.45, 7) is 3.42. The highest BCUT2D eigenvalue weighted by Crippen LogP contribution is 2.20. The molecule has 1 amide bonds. The molecular weight excluding hydrogens is 290 g/mol. The number of rotatable bonds is 5. The van der Waals surface area contributed by atoms with Crippen molar-refractivity contribution < 1.29 is 14.3 Å². The van der Waals surface area contributed by atoms with Crippen molar-refractivity contribution >= 4 is 11.6 Å². The van der Waals surface area contributed by atoms with E-state index in [0.717, 1.165) is 35.6 Å². The Morgan fingerprint density at radius 2 is 2.00 bits per heavy atom. The number of carbonyl (C=O) groups is 1. The van der Waals surface area contributed by atoms with Crippen molar-refractivity contribution in [3.63, 3.8) is 0 Å². The fourth-order valence-corrected chi connectivity index (χ4v) is 2.60. The molecule has 120 valence electrons. The van der Waals surface area contributed by atoms with Gasteiger partial charge in [-0.05, 0) is 42.3 Å². The van der Waals surface area contributed by atoms with E-state index in [1.807, 2.05) is 55.5 Å². The van der Waals surface area contributed by atoms with Gasteiger partial charge >= 0.3 is 0 Å². The molecule has 0 aliphatic carbocycles. The fraction of sp³-hybridized carbons (Fsp3) is 0.316. The van der Waals surface area contributed by atoms with Gasteiger partial charge in [-0.15, -0.1) is 0 Å². The number of amides is 1. The van der Waals surface area contributed by atoms with Gasteiger partial charge in [0.15, 0.2) is 0 Å². The van der Waals surface area contributed by atoms with Crippen LogP contribution in [0.5, 0.6) is 5.75 Å². The molecule has 0 unspecified atom stereocenters. The molecule has 2 aromatic carbocycles. The Labute approximate surface area is 136 Å². The number of ether oxygens (including phenoxy) is 2. The summed E-state index contributed by atoms with van der Waals surface area (Å²) in [4.78, 5) is 12.1. The average molecular weight is 311 g/mol. The van der Waals surface area contributed by atoms with E-state index in [2.05, 4.69) is 5.32 Å². The van der Waals surface area contributed by atoms with Gasteiger partial charge < -0.3 is 14.8 Å². The van der Waals surface area contributed by atoms with Crippen molar-refractivity contribution in [1.82, 2.24) is 0 Å². The van der Waals surface area contributed by atoms with Gasteiger partial charge in [-0.1, -0.05) is 24.3 Å². The summed E-state index contributed by atoms with van der Waals surface area (Å²) >= 11 is 0. The molecule has 3 rings (SSSR count). The lowest BCUT2D eigenvalue weighted by atomic mass is 10.1. The molecule has 1 fully saturated rings. The molecule has 1 aliphatic rings. The number of carbonyl (C=O) groups excluding carboxylic acids is 1. The first kappa shape index (κ1) is 15.6. The van der Waals surface area contributed by atoms with E-state index in [9.17, 15) is 4.79 Å². The molecule has 2 aromatic rings. The topological polar surface area (TPSA) is 47.6 Å². The summed E-state index contributed by atoms with van der Waals surface area (Å²) in [5, 5.41) is 2.92. The predicted molar refractivity (Wildman–Crippen MR) is 89.8 cm³/mol. The van der Waals surface area contributed by atoms with Gasteiger partial charge in [-0.25, -0.2) is 0 Å². The predicted octanol–water partition coefficient (Wildman–Crippen LogP) is 3.34. The zero-order valence-corrected chi connectivity index (χ0v) is 13.2. The third-order valence-corrected chi connectivity index (χ3v) is 3.94. The van der Waals surface area contributed by atoms with Crippen molar-refractivity contribution in [1.29, 1.82) is 0 Å². The molecule has 4 heteroatoms. The molecule has 0 spiro atoms. The van der Waals surface area contributed by atoms with Crippen LogP contribution in [0.4, 0.5) is 5.69 Å². The maximum absolute atomic E-state index is 12.1. The Balaban J connectivity index is 1.55. The van der Waals surface area contributed by atoms with Crippen molar-refractivity contribution in [2.24, 2.45) is 0 Å². The van der Waals surface area contributed by atoms with Crippen LogP contribution in [0, 0.1) is 6.92 Å². The van der Waals surface area contributed by atoms with Gasteiger partial charge in [0.25, 0.3) is 0 Å². The summed E-state index contributed by atoms with van der Waals surface area (Å²) in [5.74, 6) is 0.787. The van der Waals surface area contributed by atoms with Crippen LogP contribution in [0.15, 0.2) is 48.5 Å². The monoisotopic (exact) mass is 311 g/mol. The van der Waals surface area contributed by atoms with E-state index in [-0.39, 0.29) is 12.0 Å². The lowest BCUT2D eigenvalue weighted by Crippen LogP contribution is -2.16. The first-order valence-electron chi connectivity index (χ1n) is 7.89. The molecule has 1 heterocycles. The first-order valence-corrected chi connectivity index (χ1v) is 7.89. The smallest absolute Gasteiger partial charge is 0.228 e. The van der Waals surface area contributed by atoms with Crippen LogP contribution in [0.1, 0.15) is 17.5 Å². The third-order valence-electron chi connectivity index (χ3n) is 3.94. The van der Waals surface area contributed by atoms with Crippen LogP contribution in [-0.2, 0) is 16.0 Å². The van der Waals surface area contributed by atoms with E-state index in [1.54, 1.807) is 0 Å². The molecular formula is C19H21NO3. The fourth-order valence-electron chi connectivity index (χ4n) is 2.60. The average Bonchev–Trinajstić information content (AvgIpc) is 3.04. The number of hydrogen-bond acceptors (Lipinski definition) is 3. The standard InChI is InChI=1S/C19H21NO3/c1-14-4-2-3-5-15(14)12-19(21)20-16-6-8-17(9-7-16)23-18-10-11-22-13-18/h2-9,18H,10-13H2,1H3,(H,20,21)/t18-/m0/s1. The Kier molecular flexibility index (Phi) is 4.93. The largest absolute Gasteiger partial charge is 0.488 e. The van der Waals surface area contributed by atoms with Crippen LogP contribution in [-0.4, -0.2) is 25.2 Å². The quantitative estimate of drug-likeness (QED) is 0.921. The van der Waals surface area contributed by atoms with Gasteiger partial charge in [0.2, 0.25) is 5.91 Å². The summed E-state index contributed by atoms with van der Waals surface area (Å²) in [6, 6.07) is 15.4. The Bertz CT molecular complexity index is 661. The summed E-state index contributed by atoms with van der Waals surface area (Å²) < 4.78 is 11.1. The number of aryl methyl sites for hydroxylation is 1. The molecule has 0 aromatic heterocycles. The van der Waals surface area contributed by atoms with Crippen LogP contribution in [0.25, 0.3) is 0 Å². The van der Waals surface area contributed by atoms with Crippen molar-refractivity contribution in [2.45, 2.75) is 25.9 Å². The Hall–Kier alpha value is -2.33. The minimum Gasteiger partial charge on any atom is -0.488 e. The molecule has 1 aliphatic heterocycles. The molecule has 0 bridgehead atoms. The van der Waals surface area contributed by atoms with Gasteiger partial charge in [0.05, 0.1) is 19.6 Å². The highest BCUT2D eigenvalue weighted by atomic mass is 16.5. The lowest BCUT2D eigenvalue weighted by Gasteiger charge is -2.12. The molecule has 23 heavy (non-hydrogen) atoms. The molecule has 1 saturated heterocycles. The first-order chi connectivity index (χ1) is 11.2.